The lowest BCUT2D eigenvalue weighted by Crippen LogP contribution is -2.46. The van der Waals surface area contributed by atoms with E-state index in [-0.39, 0.29) is 28.8 Å². The smallest absolute Gasteiger partial charge is 0.287 e. The number of carbonyl (C=O) groups excluding carboxylic acids is 1. The molecule has 1 saturated heterocycles. The third-order valence-electron chi connectivity index (χ3n) is 7.27. The van der Waals surface area contributed by atoms with Gasteiger partial charge in [0.25, 0.3) is 5.91 Å². The zero-order valence-corrected chi connectivity index (χ0v) is 22.3. The molecule has 1 amide bonds. The number of aromatic hydroxyl groups is 2. The van der Waals surface area contributed by atoms with Crippen LogP contribution in [0.5, 0.6) is 11.5 Å². The molecule has 3 aromatic rings. The van der Waals surface area contributed by atoms with Gasteiger partial charge in [-0.1, -0.05) is 13.8 Å². The van der Waals surface area contributed by atoms with Crippen LogP contribution >= 0.6 is 0 Å². The van der Waals surface area contributed by atoms with Crippen LogP contribution in [0, 0.1) is 16.7 Å². The van der Waals surface area contributed by atoms with Crippen LogP contribution in [0.15, 0.2) is 42.6 Å². The van der Waals surface area contributed by atoms with Crippen LogP contribution in [-0.2, 0) is 11.3 Å². The Morgan fingerprint density at radius 2 is 1.87 bits per heavy atom. The SMILES string of the molecule is CCNC(=O)C(=N)N(C(=N)c1cc(C(C)C)c(O)cc1O)c1ccc2c(ccn2CCC2CCNCC2)c1. The van der Waals surface area contributed by atoms with Crippen molar-refractivity contribution in [2.45, 2.75) is 52.5 Å². The van der Waals surface area contributed by atoms with Crippen molar-refractivity contribution in [1.82, 2.24) is 15.2 Å². The van der Waals surface area contributed by atoms with E-state index in [0.29, 0.717) is 17.8 Å². The molecule has 0 unspecified atom stereocenters. The predicted molar refractivity (Wildman–Crippen MR) is 152 cm³/mol. The highest BCUT2D eigenvalue weighted by Crippen LogP contribution is 2.34. The van der Waals surface area contributed by atoms with Crippen LogP contribution in [0.3, 0.4) is 0 Å². The number of amidine groups is 2. The second kappa shape index (κ2) is 11.7. The van der Waals surface area contributed by atoms with Gasteiger partial charge in [-0.15, -0.1) is 0 Å². The molecule has 38 heavy (non-hydrogen) atoms. The van der Waals surface area contributed by atoms with Gasteiger partial charge in [0.15, 0.2) is 5.84 Å². The zero-order valence-electron chi connectivity index (χ0n) is 22.3. The van der Waals surface area contributed by atoms with Crippen molar-refractivity contribution >= 4 is 34.2 Å². The number of phenolic OH excluding ortho intramolecular Hbond substituents is 2. The minimum absolute atomic E-state index is 0.0561. The molecule has 0 saturated carbocycles. The van der Waals surface area contributed by atoms with Gasteiger partial charge >= 0.3 is 0 Å². The van der Waals surface area contributed by atoms with Crippen molar-refractivity contribution in [2.75, 3.05) is 24.5 Å². The summed E-state index contributed by atoms with van der Waals surface area (Å²) in [7, 11) is 0. The largest absolute Gasteiger partial charge is 0.508 e. The Kier molecular flexibility index (Phi) is 8.36. The molecule has 0 radical (unpaired) electrons. The minimum atomic E-state index is -0.626. The molecular formula is C29H38N6O3. The summed E-state index contributed by atoms with van der Waals surface area (Å²) < 4.78 is 2.23. The zero-order chi connectivity index (χ0) is 27.4. The maximum absolute atomic E-state index is 12.7. The van der Waals surface area contributed by atoms with Crippen molar-refractivity contribution in [1.29, 1.82) is 10.8 Å². The Morgan fingerprint density at radius 1 is 1.13 bits per heavy atom. The van der Waals surface area contributed by atoms with E-state index in [9.17, 15) is 15.0 Å². The Morgan fingerprint density at radius 3 is 2.55 bits per heavy atom. The van der Waals surface area contributed by atoms with E-state index < -0.39 is 11.7 Å². The number of nitrogens with one attached hydrogen (secondary N) is 4. The first kappa shape index (κ1) is 27.2. The van der Waals surface area contributed by atoms with Gasteiger partial charge in [-0.25, -0.2) is 0 Å². The lowest BCUT2D eigenvalue weighted by Gasteiger charge is -2.26. The maximum atomic E-state index is 12.7. The van der Waals surface area contributed by atoms with Gasteiger partial charge in [-0.3, -0.25) is 20.5 Å². The van der Waals surface area contributed by atoms with Crippen molar-refractivity contribution in [2.24, 2.45) is 5.92 Å². The number of piperidine rings is 1. The van der Waals surface area contributed by atoms with Gasteiger partial charge in [0, 0.05) is 36.3 Å². The van der Waals surface area contributed by atoms with Gasteiger partial charge in [0.2, 0.25) is 0 Å². The number of carbonyl (C=O) groups is 1. The summed E-state index contributed by atoms with van der Waals surface area (Å²) in [5.41, 5.74) is 2.20. The van der Waals surface area contributed by atoms with Crippen LogP contribution in [0.4, 0.5) is 5.69 Å². The number of aromatic nitrogens is 1. The molecule has 0 aliphatic carbocycles. The molecule has 9 heteroatoms. The molecule has 9 nitrogen and oxygen atoms in total. The van der Waals surface area contributed by atoms with Gasteiger partial charge in [-0.05, 0) is 87.0 Å². The van der Waals surface area contributed by atoms with Crippen molar-refractivity contribution in [3.63, 3.8) is 0 Å². The highest BCUT2D eigenvalue weighted by molar-refractivity contribution is 6.48. The second-order valence-corrected chi connectivity index (χ2v) is 10.2. The van der Waals surface area contributed by atoms with Crippen LogP contribution in [-0.4, -0.2) is 52.0 Å². The average molecular weight is 519 g/mol. The van der Waals surface area contributed by atoms with E-state index in [1.165, 1.54) is 23.8 Å². The summed E-state index contributed by atoms with van der Waals surface area (Å²) in [4.78, 5) is 14.0. The third kappa shape index (κ3) is 5.67. The van der Waals surface area contributed by atoms with E-state index in [2.05, 4.69) is 21.4 Å². The molecule has 2 heterocycles. The van der Waals surface area contributed by atoms with Crippen molar-refractivity contribution < 1.29 is 15.0 Å². The Balaban J connectivity index is 1.69. The van der Waals surface area contributed by atoms with Crippen LogP contribution < -0.4 is 15.5 Å². The molecule has 6 N–H and O–H groups in total. The minimum Gasteiger partial charge on any atom is -0.508 e. The quantitative estimate of drug-likeness (QED) is 0.202. The fourth-order valence-electron chi connectivity index (χ4n) is 5.10. The molecule has 4 rings (SSSR count). The monoisotopic (exact) mass is 518 g/mol. The first-order valence-electron chi connectivity index (χ1n) is 13.3. The first-order chi connectivity index (χ1) is 18.2. The predicted octanol–water partition coefficient (Wildman–Crippen LogP) is 4.51. The van der Waals surface area contributed by atoms with Gasteiger partial charge in [-0.2, -0.15) is 0 Å². The van der Waals surface area contributed by atoms with Gasteiger partial charge in [0.1, 0.15) is 17.3 Å². The van der Waals surface area contributed by atoms with Crippen LogP contribution in [0.25, 0.3) is 10.9 Å². The molecule has 1 aromatic heterocycles. The van der Waals surface area contributed by atoms with E-state index in [1.807, 2.05) is 32.0 Å². The number of benzene rings is 2. The lowest BCUT2D eigenvalue weighted by molar-refractivity contribution is -0.114. The number of anilines is 1. The highest BCUT2D eigenvalue weighted by atomic mass is 16.3. The number of nitrogens with zero attached hydrogens (tertiary/aromatic N) is 2. The summed E-state index contributed by atoms with van der Waals surface area (Å²) in [5, 5.41) is 45.5. The van der Waals surface area contributed by atoms with Gasteiger partial charge < -0.3 is 25.4 Å². The van der Waals surface area contributed by atoms with Crippen LogP contribution in [0.1, 0.15) is 57.1 Å². The Labute approximate surface area is 223 Å². The molecule has 1 aliphatic rings. The third-order valence-corrected chi connectivity index (χ3v) is 7.27. The molecule has 0 spiro atoms. The number of likely N-dealkylation sites (N-methyl/N-ethyl adjacent to an activating group) is 1. The fraction of sp³-hybridized carbons (Fsp3) is 0.414. The molecule has 0 bridgehead atoms. The number of amides is 1. The molecule has 202 valence electrons. The number of fused-ring (bicyclic) bond motifs is 1. The molecule has 1 fully saturated rings. The number of hydrogen-bond acceptors (Lipinski definition) is 6. The molecule has 0 atom stereocenters. The van der Waals surface area contributed by atoms with Crippen molar-refractivity contribution in [3.05, 3.63) is 53.7 Å². The van der Waals surface area contributed by atoms with Gasteiger partial charge in [0.05, 0.1) is 11.3 Å². The fourth-order valence-corrected chi connectivity index (χ4v) is 5.10. The second-order valence-electron chi connectivity index (χ2n) is 10.2. The summed E-state index contributed by atoms with van der Waals surface area (Å²) in [6, 6.07) is 10.4. The van der Waals surface area contributed by atoms with E-state index in [4.69, 9.17) is 10.8 Å². The van der Waals surface area contributed by atoms with E-state index >= 15 is 0 Å². The molecule has 1 aliphatic heterocycles. The van der Waals surface area contributed by atoms with Crippen LogP contribution in [0.2, 0.25) is 0 Å². The molecular weight excluding hydrogens is 480 g/mol. The summed E-state index contributed by atoms with van der Waals surface area (Å²) in [5.74, 6) is -0.985. The Bertz CT molecular complexity index is 1340. The number of aryl methyl sites for hydroxylation is 1. The lowest BCUT2D eigenvalue weighted by atomic mass is 9.95. The maximum Gasteiger partial charge on any atom is 0.287 e. The summed E-state index contributed by atoms with van der Waals surface area (Å²) in [6.45, 7) is 8.98. The van der Waals surface area contributed by atoms with E-state index in [1.54, 1.807) is 19.1 Å². The molecule has 2 aromatic carbocycles. The number of rotatable bonds is 7. The highest BCUT2D eigenvalue weighted by Gasteiger charge is 2.27. The van der Waals surface area contributed by atoms with Crippen molar-refractivity contribution in [3.8, 4) is 11.5 Å². The normalized spacial score (nSPS) is 14.1. The average Bonchev–Trinajstić information content (AvgIpc) is 3.30. The summed E-state index contributed by atoms with van der Waals surface area (Å²) >= 11 is 0. The number of hydrogen-bond donors (Lipinski definition) is 6. The standard InChI is InChI=1S/C29H38N6O3/c1-4-33-29(38)28(31)35(27(30)23-16-22(18(2)3)25(36)17-26(23)37)21-5-6-24-20(15-21)10-14-34(24)13-9-19-7-11-32-12-8-19/h5-6,10,14-19,30-32,36-37H,4,7-9,11-13H2,1-3H3,(H,33,38). The first-order valence-corrected chi connectivity index (χ1v) is 13.3. The summed E-state index contributed by atoms with van der Waals surface area (Å²) in [6.07, 6.45) is 5.57. The number of phenols is 2. The Hall–Kier alpha value is -3.85. The van der Waals surface area contributed by atoms with E-state index in [0.717, 1.165) is 42.9 Å². The topological polar surface area (TPSA) is 137 Å².